The number of sulfonamides is 1. The standard InChI is InChI=1S/C14H17N3O3S/c1-10-6-12(9-16-10)7-14(18)17-8-11-2-4-13(5-3-11)21(15,19)20/h2-6,9,16H,7-8H2,1H3,(H,17,18)(H2,15,19,20). The second-order valence-corrected chi connectivity index (χ2v) is 6.39. The molecule has 6 nitrogen and oxygen atoms in total. The van der Waals surface area contributed by atoms with E-state index in [9.17, 15) is 13.2 Å². The van der Waals surface area contributed by atoms with Crippen molar-refractivity contribution in [1.82, 2.24) is 10.3 Å². The number of aromatic amines is 1. The van der Waals surface area contributed by atoms with Crippen molar-refractivity contribution in [2.75, 3.05) is 0 Å². The summed E-state index contributed by atoms with van der Waals surface area (Å²) >= 11 is 0. The van der Waals surface area contributed by atoms with Crippen LogP contribution >= 0.6 is 0 Å². The zero-order chi connectivity index (χ0) is 15.5. The first-order valence-corrected chi connectivity index (χ1v) is 7.91. The topological polar surface area (TPSA) is 105 Å². The van der Waals surface area contributed by atoms with Gasteiger partial charge in [-0.05, 0) is 36.2 Å². The summed E-state index contributed by atoms with van der Waals surface area (Å²) in [4.78, 5) is 14.9. The lowest BCUT2D eigenvalue weighted by Crippen LogP contribution is -2.24. The van der Waals surface area contributed by atoms with E-state index in [1.807, 2.05) is 13.0 Å². The molecule has 21 heavy (non-hydrogen) atoms. The van der Waals surface area contributed by atoms with E-state index in [0.717, 1.165) is 16.8 Å². The molecule has 0 saturated carbocycles. The number of aromatic nitrogens is 1. The van der Waals surface area contributed by atoms with Gasteiger partial charge in [0.1, 0.15) is 0 Å². The Bertz CT molecular complexity index is 733. The second kappa shape index (κ2) is 6.11. The molecule has 0 aliphatic heterocycles. The molecule has 0 spiro atoms. The minimum atomic E-state index is -3.68. The molecule has 2 rings (SSSR count). The number of primary sulfonamides is 1. The van der Waals surface area contributed by atoms with Gasteiger partial charge in [-0.25, -0.2) is 13.6 Å². The summed E-state index contributed by atoms with van der Waals surface area (Å²) in [5.41, 5.74) is 2.74. The van der Waals surface area contributed by atoms with Gasteiger partial charge in [0.2, 0.25) is 15.9 Å². The fourth-order valence-corrected chi connectivity index (χ4v) is 2.43. The van der Waals surface area contributed by atoms with Crippen molar-refractivity contribution in [2.24, 2.45) is 5.14 Å². The zero-order valence-corrected chi connectivity index (χ0v) is 12.4. The molecule has 4 N–H and O–H groups in total. The van der Waals surface area contributed by atoms with Gasteiger partial charge in [0.15, 0.2) is 0 Å². The fraction of sp³-hybridized carbons (Fsp3) is 0.214. The highest BCUT2D eigenvalue weighted by Gasteiger charge is 2.08. The van der Waals surface area contributed by atoms with Gasteiger partial charge in [0.05, 0.1) is 11.3 Å². The Morgan fingerprint density at radius 2 is 1.90 bits per heavy atom. The molecule has 0 bridgehead atoms. The average molecular weight is 307 g/mol. The predicted octanol–water partition coefficient (Wildman–Crippen LogP) is 0.829. The molecule has 1 aromatic carbocycles. The van der Waals surface area contributed by atoms with Crippen molar-refractivity contribution in [3.63, 3.8) is 0 Å². The molecular weight excluding hydrogens is 290 g/mol. The van der Waals surface area contributed by atoms with Crippen LogP contribution in [-0.2, 0) is 27.8 Å². The third-order valence-electron chi connectivity index (χ3n) is 2.99. The number of amides is 1. The summed E-state index contributed by atoms with van der Waals surface area (Å²) in [7, 11) is -3.68. The lowest BCUT2D eigenvalue weighted by molar-refractivity contribution is -0.120. The Labute approximate surface area is 123 Å². The lowest BCUT2D eigenvalue weighted by Gasteiger charge is -2.05. The van der Waals surface area contributed by atoms with E-state index in [1.165, 1.54) is 12.1 Å². The summed E-state index contributed by atoms with van der Waals surface area (Å²) in [6.45, 7) is 2.27. The molecule has 1 heterocycles. The Kier molecular flexibility index (Phi) is 4.44. The Morgan fingerprint density at radius 1 is 1.24 bits per heavy atom. The average Bonchev–Trinajstić information content (AvgIpc) is 2.81. The van der Waals surface area contributed by atoms with Gasteiger partial charge in [0.25, 0.3) is 0 Å². The number of hydrogen-bond acceptors (Lipinski definition) is 3. The van der Waals surface area contributed by atoms with Gasteiger partial charge in [-0.15, -0.1) is 0 Å². The van der Waals surface area contributed by atoms with Gasteiger partial charge in [0, 0.05) is 18.4 Å². The highest BCUT2D eigenvalue weighted by molar-refractivity contribution is 7.89. The van der Waals surface area contributed by atoms with Crippen LogP contribution in [0.25, 0.3) is 0 Å². The first-order chi connectivity index (χ1) is 9.84. The number of nitrogens with one attached hydrogen (secondary N) is 2. The molecule has 1 amide bonds. The van der Waals surface area contributed by atoms with Crippen molar-refractivity contribution in [3.05, 3.63) is 53.3 Å². The molecule has 112 valence electrons. The van der Waals surface area contributed by atoms with Crippen LogP contribution in [0.1, 0.15) is 16.8 Å². The third kappa shape index (κ3) is 4.44. The Morgan fingerprint density at radius 3 is 2.43 bits per heavy atom. The van der Waals surface area contributed by atoms with Crippen LogP contribution in [0.15, 0.2) is 41.4 Å². The minimum Gasteiger partial charge on any atom is -0.365 e. The van der Waals surface area contributed by atoms with Crippen molar-refractivity contribution in [1.29, 1.82) is 0 Å². The number of aryl methyl sites for hydroxylation is 1. The number of benzene rings is 1. The van der Waals surface area contributed by atoms with Crippen LogP contribution in [0.5, 0.6) is 0 Å². The summed E-state index contributed by atoms with van der Waals surface area (Å²) in [6.07, 6.45) is 2.11. The monoisotopic (exact) mass is 307 g/mol. The van der Waals surface area contributed by atoms with Crippen molar-refractivity contribution >= 4 is 15.9 Å². The van der Waals surface area contributed by atoms with E-state index in [4.69, 9.17) is 5.14 Å². The van der Waals surface area contributed by atoms with Crippen molar-refractivity contribution in [2.45, 2.75) is 24.8 Å². The van der Waals surface area contributed by atoms with E-state index in [2.05, 4.69) is 10.3 Å². The van der Waals surface area contributed by atoms with Crippen LogP contribution in [0.3, 0.4) is 0 Å². The highest BCUT2D eigenvalue weighted by Crippen LogP contribution is 2.09. The van der Waals surface area contributed by atoms with Crippen LogP contribution in [0.4, 0.5) is 0 Å². The number of carbonyl (C=O) groups is 1. The van der Waals surface area contributed by atoms with E-state index < -0.39 is 10.0 Å². The highest BCUT2D eigenvalue weighted by atomic mass is 32.2. The summed E-state index contributed by atoms with van der Waals surface area (Å²) in [5, 5.41) is 7.80. The fourth-order valence-electron chi connectivity index (χ4n) is 1.92. The molecule has 0 saturated heterocycles. The molecule has 0 radical (unpaired) electrons. The number of carbonyl (C=O) groups excluding carboxylic acids is 1. The quantitative estimate of drug-likeness (QED) is 0.762. The van der Waals surface area contributed by atoms with Crippen LogP contribution in [0, 0.1) is 6.92 Å². The van der Waals surface area contributed by atoms with Gasteiger partial charge < -0.3 is 10.3 Å². The molecule has 2 aromatic rings. The predicted molar refractivity (Wildman–Crippen MR) is 78.9 cm³/mol. The maximum atomic E-state index is 11.8. The molecular formula is C14H17N3O3S. The SMILES string of the molecule is Cc1cc(CC(=O)NCc2ccc(S(N)(=O)=O)cc2)c[nH]1. The van der Waals surface area contributed by atoms with E-state index in [0.29, 0.717) is 13.0 Å². The lowest BCUT2D eigenvalue weighted by atomic mass is 10.2. The number of hydrogen-bond donors (Lipinski definition) is 3. The van der Waals surface area contributed by atoms with Gasteiger partial charge >= 0.3 is 0 Å². The maximum Gasteiger partial charge on any atom is 0.238 e. The van der Waals surface area contributed by atoms with E-state index in [-0.39, 0.29) is 10.8 Å². The van der Waals surface area contributed by atoms with Gasteiger partial charge in [-0.3, -0.25) is 4.79 Å². The van der Waals surface area contributed by atoms with E-state index in [1.54, 1.807) is 18.3 Å². The summed E-state index contributed by atoms with van der Waals surface area (Å²) < 4.78 is 22.2. The number of rotatable bonds is 5. The molecule has 0 fully saturated rings. The van der Waals surface area contributed by atoms with Gasteiger partial charge in [-0.2, -0.15) is 0 Å². The van der Waals surface area contributed by atoms with E-state index >= 15 is 0 Å². The maximum absolute atomic E-state index is 11.8. The van der Waals surface area contributed by atoms with Crippen molar-refractivity contribution in [3.8, 4) is 0 Å². The summed E-state index contributed by atoms with van der Waals surface area (Å²) in [6, 6.07) is 8.01. The number of nitrogens with two attached hydrogens (primary N) is 1. The molecule has 1 aromatic heterocycles. The van der Waals surface area contributed by atoms with Crippen molar-refractivity contribution < 1.29 is 13.2 Å². The number of H-pyrrole nitrogens is 1. The normalized spacial score (nSPS) is 11.3. The molecule has 7 heteroatoms. The van der Waals surface area contributed by atoms with Crippen LogP contribution in [0.2, 0.25) is 0 Å². The first kappa shape index (κ1) is 15.3. The van der Waals surface area contributed by atoms with Crippen LogP contribution in [-0.4, -0.2) is 19.3 Å². The third-order valence-corrected chi connectivity index (χ3v) is 3.92. The largest absolute Gasteiger partial charge is 0.365 e. The Hall–Kier alpha value is -2.12. The Balaban J connectivity index is 1.89. The smallest absolute Gasteiger partial charge is 0.238 e. The minimum absolute atomic E-state index is 0.0559. The molecule has 0 unspecified atom stereocenters. The molecule has 0 atom stereocenters. The molecule has 0 aliphatic carbocycles. The van der Waals surface area contributed by atoms with Gasteiger partial charge in [-0.1, -0.05) is 12.1 Å². The zero-order valence-electron chi connectivity index (χ0n) is 11.6. The van der Waals surface area contributed by atoms with Crippen LogP contribution < -0.4 is 10.5 Å². The summed E-state index contributed by atoms with van der Waals surface area (Å²) in [5.74, 6) is -0.0930. The second-order valence-electron chi connectivity index (χ2n) is 4.83. The first-order valence-electron chi connectivity index (χ1n) is 6.37. The molecule has 0 aliphatic rings.